The molecule has 0 aliphatic heterocycles. The second-order valence-electron chi connectivity index (χ2n) is 3.57. The van der Waals surface area contributed by atoms with Crippen LogP contribution in [0.1, 0.15) is 10.4 Å². The predicted molar refractivity (Wildman–Crippen MR) is 64.8 cm³/mol. The van der Waals surface area contributed by atoms with Gasteiger partial charge in [0.1, 0.15) is 5.56 Å². The smallest absolute Gasteiger partial charge is 0.282 e. The van der Waals surface area contributed by atoms with Crippen LogP contribution in [-0.4, -0.2) is 15.8 Å². The number of aromatic nitrogens is 1. The van der Waals surface area contributed by atoms with E-state index in [0.717, 1.165) is 0 Å². The van der Waals surface area contributed by atoms with E-state index in [1.165, 1.54) is 12.1 Å². The van der Waals surface area contributed by atoms with Gasteiger partial charge in [0.2, 0.25) is 0 Å². The van der Waals surface area contributed by atoms with E-state index < -0.39 is 10.8 Å². The lowest BCUT2D eigenvalue weighted by Gasteiger charge is -2.03. The fourth-order valence-corrected chi connectivity index (χ4v) is 1.58. The van der Waals surface area contributed by atoms with Crippen molar-refractivity contribution >= 4 is 11.6 Å². The summed E-state index contributed by atoms with van der Waals surface area (Å²) in [6, 6.07) is 9.46. The zero-order valence-corrected chi connectivity index (χ0v) is 9.24. The van der Waals surface area contributed by atoms with E-state index in [9.17, 15) is 14.9 Å². The van der Waals surface area contributed by atoms with Crippen LogP contribution in [0.3, 0.4) is 0 Å². The molecule has 0 radical (unpaired) electrons. The van der Waals surface area contributed by atoms with Crippen molar-refractivity contribution in [2.75, 3.05) is 0 Å². The molecular formula is C12H9N3O3. The van der Waals surface area contributed by atoms with E-state index in [4.69, 9.17) is 5.73 Å². The SMILES string of the molecule is NC(=O)c1ccc(-c2ccccn2)cc1[N+](=O)[O-]. The Labute approximate surface area is 102 Å². The molecule has 0 bridgehead atoms. The molecular weight excluding hydrogens is 234 g/mol. The maximum Gasteiger partial charge on any atom is 0.282 e. The average Bonchev–Trinajstić information content (AvgIpc) is 2.39. The molecule has 1 aromatic carbocycles. The van der Waals surface area contributed by atoms with Crippen LogP contribution in [0.25, 0.3) is 11.3 Å². The first kappa shape index (κ1) is 11.7. The maximum atomic E-state index is 11.1. The molecule has 0 aliphatic rings. The van der Waals surface area contributed by atoms with Gasteiger partial charge in [0, 0.05) is 17.8 Å². The molecule has 0 saturated carbocycles. The van der Waals surface area contributed by atoms with Crippen LogP contribution in [0.5, 0.6) is 0 Å². The third-order valence-corrected chi connectivity index (χ3v) is 2.42. The van der Waals surface area contributed by atoms with E-state index in [2.05, 4.69) is 4.98 Å². The minimum atomic E-state index is -0.825. The van der Waals surface area contributed by atoms with Crippen molar-refractivity contribution < 1.29 is 9.72 Å². The molecule has 0 unspecified atom stereocenters. The summed E-state index contributed by atoms with van der Waals surface area (Å²) in [6.07, 6.45) is 1.59. The predicted octanol–water partition coefficient (Wildman–Crippen LogP) is 1.76. The molecule has 0 aliphatic carbocycles. The summed E-state index contributed by atoms with van der Waals surface area (Å²) in [5.41, 5.74) is 5.81. The molecule has 6 nitrogen and oxygen atoms in total. The summed E-state index contributed by atoms with van der Waals surface area (Å²) in [6.45, 7) is 0. The van der Waals surface area contributed by atoms with Gasteiger partial charge < -0.3 is 5.73 Å². The van der Waals surface area contributed by atoms with Gasteiger partial charge in [-0.25, -0.2) is 0 Å². The first-order chi connectivity index (χ1) is 8.59. The number of carbonyl (C=O) groups is 1. The second kappa shape index (κ2) is 4.62. The van der Waals surface area contributed by atoms with Crippen molar-refractivity contribution in [3.05, 3.63) is 58.3 Å². The number of primary amides is 1. The van der Waals surface area contributed by atoms with Crippen LogP contribution < -0.4 is 5.73 Å². The molecule has 0 saturated heterocycles. The zero-order valence-electron chi connectivity index (χ0n) is 9.24. The van der Waals surface area contributed by atoms with Gasteiger partial charge in [0.15, 0.2) is 0 Å². The molecule has 1 aromatic heterocycles. The van der Waals surface area contributed by atoms with E-state index >= 15 is 0 Å². The van der Waals surface area contributed by atoms with Crippen LogP contribution in [-0.2, 0) is 0 Å². The molecule has 0 fully saturated rings. The second-order valence-corrected chi connectivity index (χ2v) is 3.57. The molecule has 2 rings (SSSR count). The number of nitrogens with two attached hydrogens (primary N) is 1. The molecule has 0 atom stereocenters. The third kappa shape index (κ3) is 2.17. The quantitative estimate of drug-likeness (QED) is 0.655. The minimum absolute atomic E-state index is 0.111. The van der Waals surface area contributed by atoms with Gasteiger partial charge in [-0.2, -0.15) is 0 Å². The Morgan fingerprint density at radius 3 is 2.61 bits per heavy atom. The number of rotatable bonds is 3. The highest BCUT2D eigenvalue weighted by Gasteiger charge is 2.19. The summed E-state index contributed by atoms with van der Waals surface area (Å²) in [7, 11) is 0. The van der Waals surface area contributed by atoms with E-state index in [-0.39, 0.29) is 11.3 Å². The largest absolute Gasteiger partial charge is 0.365 e. The van der Waals surface area contributed by atoms with E-state index in [1.807, 2.05) is 0 Å². The average molecular weight is 243 g/mol. The number of pyridine rings is 1. The van der Waals surface area contributed by atoms with Crippen molar-refractivity contribution in [3.63, 3.8) is 0 Å². The number of nitro benzene ring substituents is 1. The number of carbonyl (C=O) groups excluding carboxylic acids is 1. The summed E-state index contributed by atoms with van der Waals surface area (Å²) in [5.74, 6) is -0.825. The van der Waals surface area contributed by atoms with E-state index in [1.54, 1.807) is 30.5 Å². The van der Waals surface area contributed by atoms with Crippen LogP contribution in [0.4, 0.5) is 5.69 Å². The monoisotopic (exact) mass is 243 g/mol. The number of hydrogen-bond acceptors (Lipinski definition) is 4. The Balaban J connectivity index is 2.57. The molecule has 2 N–H and O–H groups in total. The molecule has 1 heterocycles. The standard InChI is InChI=1S/C12H9N3O3/c13-12(16)9-5-4-8(7-11(9)15(17)18)10-3-1-2-6-14-10/h1-7H,(H2,13,16). The van der Waals surface area contributed by atoms with Crippen LogP contribution >= 0.6 is 0 Å². The van der Waals surface area contributed by atoms with Crippen LogP contribution in [0, 0.1) is 10.1 Å². The summed E-state index contributed by atoms with van der Waals surface area (Å²) < 4.78 is 0. The fraction of sp³-hybridized carbons (Fsp3) is 0. The highest BCUT2D eigenvalue weighted by Crippen LogP contribution is 2.25. The van der Waals surface area contributed by atoms with Gasteiger partial charge in [-0.3, -0.25) is 19.9 Å². The van der Waals surface area contributed by atoms with Crippen molar-refractivity contribution in [3.8, 4) is 11.3 Å². The Morgan fingerprint density at radius 2 is 2.06 bits per heavy atom. The van der Waals surface area contributed by atoms with Gasteiger partial charge in [0.05, 0.1) is 10.6 Å². The molecule has 0 spiro atoms. The first-order valence-corrected chi connectivity index (χ1v) is 5.09. The lowest BCUT2D eigenvalue weighted by molar-refractivity contribution is -0.385. The van der Waals surface area contributed by atoms with Crippen molar-refractivity contribution in [2.24, 2.45) is 5.73 Å². The lowest BCUT2D eigenvalue weighted by Crippen LogP contribution is -2.13. The fourth-order valence-electron chi connectivity index (χ4n) is 1.58. The number of hydrogen-bond donors (Lipinski definition) is 1. The van der Waals surface area contributed by atoms with Gasteiger partial charge in [-0.05, 0) is 18.2 Å². The van der Waals surface area contributed by atoms with Crippen molar-refractivity contribution in [1.82, 2.24) is 4.98 Å². The number of amides is 1. The van der Waals surface area contributed by atoms with Crippen LogP contribution in [0.15, 0.2) is 42.6 Å². The Bertz CT molecular complexity index is 611. The first-order valence-electron chi connectivity index (χ1n) is 5.09. The summed E-state index contributed by atoms with van der Waals surface area (Å²) >= 11 is 0. The summed E-state index contributed by atoms with van der Waals surface area (Å²) in [4.78, 5) is 25.4. The number of nitrogens with zero attached hydrogens (tertiary/aromatic N) is 2. The zero-order chi connectivity index (χ0) is 13.1. The Hall–Kier alpha value is -2.76. The van der Waals surface area contributed by atoms with Gasteiger partial charge in [-0.1, -0.05) is 12.1 Å². The lowest BCUT2D eigenvalue weighted by atomic mass is 10.1. The van der Waals surface area contributed by atoms with Crippen LogP contribution in [0.2, 0.25) is 0 Å². The van der Waals surface area contributed by atoms with Crippen molar-refractivity contribution in [1.29, 1.82) is 0 Å². The number of benzene rings is 1. The van der Waals surface area contributed by atoms with Gasteiger partial charge in [-0.15, -0.1) is 0 Å². The highest BCUT2D eigenvalue weighted by molar-refractivity contribution is 5.97. The maximum absolute atomic E-state index is 11.1. The van der Waals surface area contributed by atoms with Gasteiger partial charge in [0.25, 0.3) is 11.6 Å². The molecule has 18 heavy (non-hydrogen) atoms. The summed E-state index contributed by atoms with van der Waals surface area (Å²) in [5, 5.41) is 10.9. The Kier molecular flexibility index (Phi) is 3.01. The molecule has 2 aromatic rings. The molecule has 1 amide bonds. The normalized spacial score (nSPS) is 10.0. The molecule has 90 valence electrons. The molecule has 6 heteroatoms. The minimum Gasteiger partial charge on any atom is -0.365 e. The van der Waals surface area contributed by atoms with Crippen molar-refractivity contribution in [2.45, 2.75) is 0 Å². The third-order valence-electron chi connectivity index (χ3n) is 2.42. The highest BCUT2D eigenvalue weighted by atomic mass is 16.6. The Morgan fingerprint density at radius 1 is 1.28 bits per heavy atom. The number of nitro groups is 1. The van der Waals surface area contributed by atoms with Gasteiger partial charge >= 0.3 is 0 Å². The van der Waals surface area contributed by atoms with E-state index in [0.29, 0.717) is 11.3 Å². The topological polar surface area (TPSA) is 99.1 Å².